The van der Waals surface area contributed by atoms with Gasteiger partial charge < -0.3 is 10.0 Å². The lowest BCUT2D eigenvalue weighted by atomic mass is 10.0. The Bertz CT molecular complexity index is 472. The van der Waals surface area contributed by atoms with Gasteiger partial charge in [0.15, 0.2) is 5.69 Å². The summed E-state index contributed by atoms with van der Waals surface area (Å²) in [4.78, 5) is 15.6. The van der Waals surface area contributed by atoms with E-state index in [0.29, 0.717) is 12.1 Å². The van der Waals surface area contributed by atoms with Crippen LogP contribution in [0.15, 0.2) is 6.20 Å². The molecule has 2 unspecified atom stereocenters. The van der Waals surface area contributed by atoms with Gasteiger partial charge in [0.2, 0.25) is 0 Å². The predicted molar refractivity (Wildman–Crippen MR) is 68.1 cm³/mol. The van der Waals surface area contributed by atoms with Gasteiger partial charge in [0, 0.05) is 31.7 Å². The molecule has 7 nitrogen and oxygen atoms in total. The SMILES string of the molecule is CC1CC(N2CC(n3cc(C(=O)O)nn3)C2)CN1C. The van der Waals surface area contributed by atoms with Crippen molar-refractivity contribution in [2.45, 2.75) is 31.5 Å². The zero-order valence-electron chi connectivity index (χ0n) is 11.2. The first-order valence-electron chi connectivity index (χ1n) is 6.64. The maximum absolute atomic E-state index is 10.8. The molecule has 0 aliphatic carbocycles. The monoisotopic (exact) mass is 265 g/mol. The molecule has 3 rings (SSSR count). The number of hydrogen-bond donors (Lipinski definition) is 1. The molecule has 2 atom stereocenters. The van der Waals surface area contributed by atoms with Crippen molar-refractivity contribution in [1.82, 2.24) is 24.8 Å². The second-order valence-corrected chi connectivity index (χ2v) is 5.67. The number of nitrogens with zero attached hydrogens (tertiary/aromatic N) is 5. The highest BCUT2D eigenvalue weighted by Crippen LogP contribution is 2.28. The molecule has 2 fully saturated rings. The number of rotatable bonds is 3. The maximum Gasteiger partial charge on any atom is 0.358 e. The number of likely N-dealkylation sites (N-methyl/N-ethyl adjacent to an activating group) is 1. The first-order chi connectivity index (χ1) is 9.04. The lowest BCUT2D eigenvalue weighted by molar-refractivity contribution is 0.0557. The van der Waals surface area contributed by atoms with Gasteiger partial charge in [0.25, 0.3) is 0 Å². The molecule has 0 radical (unpaired) electrons. The zero-order chi connectivity index (χ0) is 13.6. The lowest BCUT2D eigenvalue weighted by Gasteiger charge is -2.42. The number of carboxylic acids is 1. The summed E-state index contributed by atoms with van der Waals surface area (Å²) in [5, 5.41) is 16.4. The Kier molecular flexibility index (Phi) is 3.02. The standard InChI is InChI=1S/C12H19N5O2/c1-8-3-9(4-15(8)2)16-5-10(6-16)17-7-11(12(18)19)13-14-17/h7-10H,3-6H2,1-2H3,(H,18,19). The second kappa shape index (κ2) is 4.57. The van der Waals surface area contributed by atoms with E-state index < -0.39 is 5.97 Å². The largest absolute Gasteiger partial charge is 0.476 e. The maximum atomic E-state index is 10.8. The highest BCUT2D eigenvalue weighted by Gasteiger charge is 2.38. The predicted octanol–water partition coefficient (Wildman–Crippen LogP) is -0.0744. The normalized spacial score (nSPS) is 29.6. The van der Waals surface area contributed by atoms with Crippen LogP contribution >= 0.6 is 0 Å². The minimum Gasteiger partial charge on any atom is -0.476 e. The van der Waals surface area contributed by atoms with Crippen molar-refractivity contribution < 1.29 is 9.90 Å². The fourth-order valence-corrected chi connectivity index (χ4v) is 2.93. The number of carboxylic acid groups (broad SMARTS) is 1. The number of likely N-dealkylation sites (tertiary alicyclic amines) is 2. The van der Waals surface area contributed by atoms with Crippen LogP contribution in [0.2, 0.25) is 0 Å². The van der Waals surface area contributed by atoms with Crippen LogP contribution in [0.4, 0.5) is 0 Å². The van der Waals surface area contributed by atoms with E-state index in [9.17, 15) is 4.79 Å². The minimum atomic E-state index is -1.02. The Labute approximate surface area is 111 Å². The number of aromatic carboxylic acids is 1. The molecular weight excluding hydrogens is 246 g/mol. The fourth-order valence-electron chi connectivity index (χ4n) is 2.93. The van der Waals surface area contributed by atoms with Crippen molar-refractivity contribution in [3.05, 3.63) is 11.9 Å². The van der Waals surface area contributed by atoms with E-state index in [1.165, 1.54) is 12.6 Å². The molecule has 1 aromatic heterocycles. The molecule has 2 aliphatic rings. The van der Waals surface area contributed by atoms with Crippen molar-refractivity contribution in [2.24, 2.45) is 0 Å². The highest BCUT2D eigenvalue weighted by atomic mass is 16.4. The summed E-state index contributed by atoms with van der Waals surface area (Å²) in [7, 11) is 2.17. The molecule has 3 heterocycles. The summed E-state index contributed by atoms with van der Waals surface area (Å²) in [6.07, 6.45) is 2.73. The van der Waals surface area contributed by atoms with Crippen LogP contribution in [-0.2, 0) is 0 Å². The Morgan fingerprint density at radius 2 is 2.11 bits per heavy atom. The van der Waals surface area contributed by atoms with E-state index in [0.717, 1.165) is 19.6 Å². The first kappa shape index (κ1) is 12.6. The Balaban J connectivity index is 1.56. The molecule has 0 amide bonds. The molecule has 0 bridgehead atoms. The van der Waals surface area contributed by atoms with Crippen LogP contribution in [-0.4, -0.2) is 74.6 Å². The van der Waals surface area contributed by atoms with Gasteiger partial charge >= 0.3 is 5.97 Å². The minimum absolute atomic E-state index is 0.0210. The van der Waals surface area contributed by atoms with E-state index >= 15 is 0 Å². The van der Waals surface area contributed by atoms with Gasteiger partial charge in [-0.05, 0) is 20.4 Å². The molecule has 2 saturated heterocycles. The summed E-state index contributed by atoms with van der Waals surface area (Å²) < 4.78 is 1.68. The van der Waals surface area contributed by atoms with Crippen LogP contribution < -0.4 is 0 Å². The van der Waals surface area contributed by atoms with Crippen LogP contribution in [0.1, 0.15) is 29.9 Å². The summed E-state index contributed by atoms with van der Waals surface area (Å²) >= 11 is 0. The molecule has 19 heavy (non-hydrogen) atoms. The van der Waals surface area contributed by atoms with Crippen molar-refractivity contribution in [3.63, 3.8) is 0 Å². The second-order valence-electron chi connectivity index (χ2n) is 5.67. The van der Waals surface area contributed by atoms with Crippen molar-refractivity contribution >= 4 is 5.97 Å². The van der Waals surface area contributed by atoms with Gasteiger partial charge in [0.1, 0.15) is 0 Å². The van der Waals surface area contributed by atoms with Crippen LogP contribution in [0.25, 0.3) is 0 Å². The van der Waals surface area contributed by atoms with Crippen molar-refractivity contribution in [3.8, 4) is 0 Å². The summed E-state index contributed by atoms with van der Waals surface area (Å²) in [5.41, 5.74) is 0.0210. The fraction of sp³-hybridized carbons (Fsp3) is 0.750. The van der Waals surface area contributed by atoms with Gasteiger partial charge in [-0.1, -0.05) is 5.21 Å². The van der Waals surface area contributed by atoms with E-state index in [2.05, 4.69) is 34.1 Å². The topological polar surface area (TPSA) is 74.5 Å². The lowest BCUT2D eigenvalue weighted by Crippen LogP contribution is -2.53. The zero-order valence-corrected chi connectivity index (χ0v) is 11.2. The smallest absolute Gasteiger partial charge is 0.358 e. The summed E-state index contributed by atoms with van der Waals surface area (Å²) in [5.74, 6) is -1.02. The number of carbonyl (C=O) groups is 1. The van der Waals surface area contributed by atoms with Crippen LogP contribution in [0, 0.1) is 0 Å². The third kappa shape index (κ3) is 2.23. The third-order valence-electron chi connectivity index (χ3n) is 4.37. The van der Waals surface area contributed by atoms with Crippen LogP contribution in [0.5, 0.6) is 0 Å². The Hall–Kier alpha value is -1.47. The molecule has 0 spiro atoms. The quantitative estimate of drug-likeness (QED) is 0.824. The third-order valence-corrected chi connectivity index (χ3v) is 4.37. The van der Waals surface area contributed by atoms with Gasteiger partial charge in [0.05, 0.1) is 12.2 Å². The molecule has 1 aromatic rings. The molecule has 0 aromatic carbocycles. The molecule has 104 valence electrons. The summed E-state index contributed by atoms with van der Waals surface area (Å²) in [6.45, 7) is 5.25. The number of aromatic nitrogens is 3. The van der Waals surface area contributed by atoms with Crippen molar-refractivity contribution in [2.75, 3.05) is 26.7 Å². The first-order valence-corrected chi connectivity index (χ1v) is 6.64. The average molecular weight is 265 g/mol. The van der Waals surface area contributed by atoms with Gasteiger partial charge in [-0.3, -0.25) is 4.90 Å². The van der Waals surface area contributed by atoms with Crippen molar-refractivity contribution in [1.29, 1.82) is 0 Å². The van der Waals surface area contributed by atoms with E-state index in [4.69, 9.17) is 5.11 Å². The van der Waals surface area contributed by atoms with E-state index in [-0.39, 0.29) is 11.7 Å². The van der Waals surface area contributed by atoms with E-state index in [1.54, 1.807) is 4.68 Å². The number of hydrogen-bond acceptors (Lipinski definition) is 5. The molecule has 7 heteroatoms. The van der Waals surface area contributed by atoms with E-state index in [1.807, 2.05) is 0 Å². The molecule has 2 aliphatic heterocycles. The molecule has 0 saturated carbocycles. The average Bonchev–Trinajstić information content (AvgIpc) is 2.86. The molecular formula is C12H19N5O2. The Morgan fingerprint density at radius 3 is 2.63 bits per heavy atom. The van der Waals surface area contributed by atoms with Gasteiger partial charge in [-0.15, -0.1) is 5.10 Å². The van der Waals surface area contributed by atoms with Gasteiger partial charge in [-0.2, -0.15) is 0 Å². The van der Waals surface area contributed by atoms with Crippen LogP contribution in [0.3, 0.4) is 0 Å². The molecule has 1 N–H and O–H groups in total. The van der Waals surface area contributed by atoms with Gasteiger partial charge in [-0.25, -0.2) is 9.48 Å². The Morgan fingerprint density at radius 1 is 1.37 bits per heavy atom. The highest BCUT2D eigenvalue weighted by molar-refractivity contribution is 5.84. The summed E-state index contributed by atoms with van der Waals surface area (Å²) in [6, 6.07) is 1.54.